The summed E-state index contributed by atoms with van der Waals surface area (Å²) in [5.41, 5.74) is 7.67. The monoisotopic (exact) mass is 1300 g/mol. The lowest BCUT2D eigenvalue weighted by molar-refractivity contribution is -0.137. The van der Waals surface area contributed by atoms with E-state index in [0.29, 0.717) is 91.5 Å². The average molecular weight is 1300 g/mol. The number of likely N-dealkylation sites (N-methyl/N-ethyl adjacent to an activating group) is 3. The van der Waals surface area contributed by atoms with E-state index in [-0.39, 0.29) is 31.4 Å². The van der Waals surface area contributed by atoms with Gasteiger partial charge in [0.15, 0.2) is 11.5 Å². The molecular formula is C68H66F4N6O10S3. The molecule has 9 aromatic rings. The highest BCUT2D eigenvalue weighted by Crippen LogP contribution is 2.41. The first kappa shape index (κ1) is 61.7. The minimum atomic E-state index is -4.52. The minimum Gasteiger partial charge on any atom is -0.493 e. The van der Waals surface area contributed by atoms with Gasteiger partial charge >= 0.3 is 6.18 Å². The SMILES string of the molecule is CN1CC=C(c2cn(S(=O)(=O)c3ccc4c(c3)CCO4)c3ccc(C(F)(F)F)cc23)CC1.CN1CC=C(c2cn(S(=O)(=O)c3ccc4c(c3)CCO4)c3ccc(F)cc23)CC1.CN1CC=C(c2cn(S(=O)(=O)c3ccc4c(c3)OCCCO4)c3ccccc23)CC1. The first-order chi connectivity index (χ1) is 43.6. The van der Waals surface area contributed by atoms with Crippen LogP contribution in [0.5, 0.6) is 23.0 Å². The van der Waals surface area contributed by atoms with Crippen LogP contribution in [-0.4, -0.2) is 139 Å². The number of alkyl halides is 3. The van der Waals surface area contributed by atoms with Crippen molar-refractivity contribution >= 4 is 79.5 Å². The summed E-state index contributed by atoms with van der Waals surface area (Å²) in [7, 11) is -5.56. The molecule has 474 valence electrons. The number of ether oxygens (including phenoxy) is 4. The van der Waals surface area contributed by atoms with E-state index in [1.807, 2.05) is 44.4 Å². The first-order valence-corrected chi connectivity index (χ1v) is 34.4. The van der Waals surface area contributed by atoms with Crippen molar-refractivity contribution in [3.05, 3.63) is 191 Å². The van der Waals surface area contributed by atoms with Gasteiger partial charge in [-0.1, -0.05) is 36.4 Å². The lowest BCUT2D eigenvalue weighted by atomic mass is 9.98. The Labute approximate surface area is 525 Å². The molecule has 15 rings (SSSR count). The van der Waals surface area contributed by atoms with Crippen molar-refractivity contribution in [1.82, 2.24) is 26.6 Å². The lowest BCUT2D eigenvalue weighted by Crippen LogP contribution is -2.23. The molecule has 23 heteroatoms. The van der Waals surface area contributed by atoms with Crippen molar-refractivity contribution in [3.8, 4) is 23.0 Å². The zero-order chi connectivity index (χ0) is 63.6. The van der Waals surface area contributed by atoms with Gasteiger partial charge in [-0.3, -0.25) is 0 Å². The van der Waals surface area contributed by atoms with Crippen LogP contribution in [0.25, 0.3) is 49.4 Å². The number of halogens is 4. The Morgan fingerprint density at radius 1 is 0.418 bits per heavy atom. The quantitative estimate of drug-likeness (QED) is 0.126. The largest absolute Gasteiger partial charge is 0.493 e. The molecule has 0 spiro atoms. The van der Waals surface area contributed by atoms with Gasteiger partial charge in [0.05, 0.1) is 63.2 Å². The second kappa shape index (κ2) is 24.5. The Morgan fingerprint density at radius 3 is 1.32 bits per heavy atom. The maximum atomic E-state index is 14.0. The molecule has 0 unspecified atom stereocenters. The zero-order valence-electron chi connectivity index (χ0n) is 50.2. The van der Waals surface area contributed by atoms with Gasteiger partial charge in [0.1, 0.15) is 17.3 Å². The number of nitrogens with zero attached hydrogens (tertiary/aromatic N) is 6. The lowest BCUT2D eigenvalue weighted by Gasteiger charge is -2.21. The predicted octanol–water partition coefficient (Wildman–Crippen LogP) is 12.0. The van der Waals surface area contributed by atoms with Gasteiger partial charge in [0, 0.05) is 116 Å². The van der Waals surface area contributed by atoms with Crippen LogP contribution in [0.2, 0.25) is 0 Å². The third kappa shape index (κ3) is 12.1. The molecule has 0 radical (unpaired) electrons. The van der Waals surface area contributed by atoms with Crippen LogP contribution in [0, 0.1) is 5.82 Å². The molecule has 0 amide bonds. The summed E-state index contributed by atoms with van der Waals surface area (Å²) < 4.78 is 162. The predicted molar refractivity (Wildman–Crippen MR) is 342 cm³/mol. The van der Waals surface area contributed by atoms with E-state index in [1.54, 1.807) is 60.9 Å². The Morgan fingerprint density at radius 2 is 0.835 bits per heavy atom. The van der Waals surface area contributed by atoms with Crippen LogP contribution in [0.1, 0.15) is 59.1 Å². The standard InChI is InChI=1S/C23H21F3N2O3S.C23H24N2O4S.C22H21FN2O3S/c1-27-9-6-15(7-10-27)20-14-28(21-4-2-17(13-19(20)21)23(24,25)26)32(29,30)18-3-5-22-16(12-18)8-11-31-22;1-24-11-9-17(10-12-24)20-16-25(21-6-3-2-5-19(20)21)30(26,27)18-7-8-22-23(15-18)29-14-4-13-28-22;1-24-9-6-15(7-10-24)20-14-25(21-4-2-17(23)13-19(20)21)29(26,27)18-3-5-22-16(12-18)8-11-28-22/h2-6,12-14H,7-11H2,1H3;2-3,5-9,15-16H,4,10-14H2,1H3;2-6,12-14H,7-11H2,1H3. The molecule has 6 aliphatic heterocycles. The molecule has 0 fully saturated rings. The minimum absolute atomic E-state index is 0.0856. The summed E-state index contributed by atoms with van der Waals surface area (Å²) in [6.07, 6.45) is 11.0. The second-order valence-electron chi connectivity index (χ2n) is 23.6. The van der Waals surface area contributed by atoms with Gasteiger partial charge < -0.3 is 33.6 Å². The van der Waals surface area contributed by atoms with Crippen molar-refractivity contribution in [3.63, 3.8) is 0 Å². The molecule has 9 heterocycles. The van der Waals surface area contributed by atoms with E-state index in [2.05, 4.69) is 33.9 Å². The molecule has 0 atom stereocenters. The van der Waals surface area contributed by atoms with E-state index >= 15 is 0 Å². The Kier molecular flexibility index (Phi) is 16.6. The summed E-state index contributed by atoms with van der Waals surface area (Å²) in [6, 6.07) is 29.6. The van der Waals surface area contributed by atoms with Crippen molar-refractivity contribution < 1.29 is 61.8 Å². The molecule has 0 N–H and O–H groups in total. The number of benzene rings is 6. The van der Waals surface area contributed by atoms with Crippen molar-refractivity contribution in [1.29, 1.82) is 0 Å². The van der Waals surface area contributed by atoms with Crippen LogP contribution >= 0.6 is 0 Å². The van der Waals surface area contributed by atoms with E-state index in [1.165, 1.54) is 50.0 Å². The third-order valence-corrected chi connectivity index (χ3v) is 22.5. The fourth-order valence-electron chi connectivity index (χ4n) is 12.4. The smallest absolute Gasteiger partial charge is 0.416 e. The summed E-state index contributed by atoms with van der Waals surface area (Å²) in [5, 5.41) is 1.85. The number of aromatic nitrogens is 3. The Hall–Kier alpha value is -8.19. The van der Waals surface area contributed by atoms with Crippen molar-refractivity contribution in [2.24, 2.45) is 0 Å². The molecule has 0 aliphatic carbocycles. The highest BCUT2D eigenvalue weighted by atomic mass is 32.2. The van der Waals surface area contributed by atoms with Crippen LogP contribution in [0.3, 0.4) is 0 Å². The topological polar surface area (TPSA) is 164 Å². The summed E-state index contributed by atoms with van der Waals surface area (Å²) >= 11 is 0. The molecule has 91 heavy (non-hydrogen) atoms. The van der Waals surface area contributed by atoms with E-state index in [0.717, 1.165) is 113 Å². The van der Waals surface area contributed by atoms with Gasteiger partial charge in [-0.2, -0.15) is 13.2 Å². The molecule has 0 saturated carbocycles. The fraction of sp³-hybridized carbons (Fsp3) is 0.294. The van der Waals surface area contributed by atoms with Crippen LogP contribution in [0.15, 0.2) is 167 Å². The van der Waals surface area contributed by atoms with Gasteiger partial charge in [-0.25, -0.2) is 41.6 Å². The maximum Gasteiger partial charge on any atom is 0.416 e. The van der Waals surface area contributed by atoms with Gasteiger partial charge in [0.2, 0.25) is 0 Å². The highest BCUT2D eigenvalue weighted by Gasteiger charge is 2.34. The number of hydrogen-bond acceptors (Lipinski definition) is 13. The molecule has 3 aromatic heterocycles. The summed E-state index contributed by atoms with van der Waals surface area (Å²) in [4.78, 5) is 7.02. The van der Waals surface area contributed by atoms with Crippen LogP contribution < -0.4 is 18.9 Å². The number of para-hydroxylation sites is 1. The van der Waals surface area contributed by atoms with E-state index < -0.39 is 41.8 Å². The van der Waals surface area contributed by atoms with Gasteiger partial charge in [-0.05, 0) is 159 Å². The van der Waals surface area contributed by atoms with E-state index in [9.17, 15) is 42.8 Å². The van der Waals surface area contributed by atoms with Crippen molar-refractivity contribution in [2.45, 2.75) is 59.4 Å². The second-order valence-corrected chi connectivity index (χ2v) is 29.0. The molecule has 0 bridgehead atoms. The van der Waals surface area contributed by atoms with Crippen molar-refractivity contribution in [2.75, 3.05) is 86.8 Å². The number of rotatable bonds is 9. The summed E-state index contributed by atoms with van der Waals surface area (Å²) in [5.74, 6) is 2.08. The first-order valence-electron chi connectivity index (χ1n) is 30.1. The Bertz CT molecular complexity index is 4820. The molecule has 6 aliphatic rings. The molecule has 16 nitrogen and oxygen atoms in total. The fourth-order valence-corrected chi connectivity index (χ4v) is 16.6. The van der Waals surface area contributed by atoms with E-state index in [4.69, 9.17) is 18.9 Å². The third-order valence-electron chi connectivity index (χ3n) is 17.5. The Balaban J connectivity index is 0.000000125. The summed E-state index contributed by atoms with van der Waals surface area (Å²) in [6.45, 7) is 7.03. The van der Waals surface area contributed by atoms with Gasteiger partial charge in [0.25, 0.3) is 30.1 Å². The van der Waals surface area contributed by atoms with Crippen LogP contribution in [-0.2, 0) is 49.1 Å². The maximum absolute atomic E-state index is 14.0. The number of hydrogen-bond donors (Lipinski definition) is 0. The zero-order valence-corrected chi connectivity index (χ0v) is 52.7. The number of fused-ring (bicyclic) bond motifs is 6. The highest BCUT2D eigenvalue weighted by molar-refractivity contribution is 7.90. The molecule has 6 aromatic carbocycles. The average Bonchev–Trinajstić information content (AvgIpc) is 1.64. The molecular weight excluding hydrogens is 1230 g/mol. The normalized spacial score (nSPS) is 17.4. The molecule has 0 saturated heterocycles. The van der Waals surface area contributed by atoms with Crippen LogP contribution in [0.4, 0.5) is 17.6 Å². The van der Waals surface area contributed by atoms with Gasteiger partial charge in [-0.15, -0.1) is 0 Å².